The topological polar surface area (TPSA) is 77.2 Å². The molecular formula is C10H14N4O3. The number of ketones is 1. The Hall–Kier alpha value is -1.92. The lowest BCUT2D eigenvalue weighted by Crippen LogP contribution is -2.42. The van der Waals surface area contributed by atoms with E-state index in [-0.39, 0.29) is 23.9 Å². The summed E-state index contributed by atoms with van der Waals surface area (Å²) in [6.07, 6.45) is 2.18. The average Bonchev–Trinajstić information content (AvgIpc) is 2.62. The standard InChI is InChI=1S/C10H14N4O3/c1-12-7-11-14(10(12)17)6-9(16)13-4-2-8(15)3-5-13/h7H,2-6H2,1H3. The SMILES string of the molecule is Cn1cnn(CC(=O)N2CCC(=O)CC2)c1=O. The summed E-state index contributed by atoms with van der Waals surface area (Å²) in [4.78, 5) is 36.0. The van der Waals surface area contributed by atoms with Gasteiger partial charge < -0.3 is 4.90 Å². The van der Waals surface area contributed by atoms with E-state index in [4.69, 9.17) is 0 Å². The molecule has 7 nitrogen and oxygen atoms in total. The van der Waals surface area contributed by atoms with E-state index in [1.165, 1.54) is 10.9 Å². The third kappa shape index (κ3) is 2.43. The maximum atomic E-state index is 11.8. The number of Topliss-reactive ketones (excluding diaryl/α,β-unsaturated/α-hetero) is 1. The minimum absolute atomic E-state index is 0.0616. The fraction of sp³-hybridized carbons (Fsp3) is 0.600. The third-order valence-corrected chi connectivity index (χ3v) is 2.85. The second-order valence-corrected chi connectivity index (χ2v) is 4.10. The number of aryl methyl sites for hydroxylation is 1. The quantitative estimate of drug-likeness (QED) is 0.646. The van der Waals surface area contributed by atoms with Crippen molar-refractivity contribution < 1.29 is 9.59 Å². The van der Waals surface area contributed by atoms with Gasteiger partial charge in [-0.3, -0.25) is 14.2 Å². The zero-order chi connectivity index (χ0) is 12.4. The lowest BCUT2D eigenvalue weighted by atomic mass is 10.1. The van der Waals surface area contributed by atoms with Crippen LogP contribution in [0.1, 0.15) is 12.8 Å². The molecule has 0 unspecified atom stereocenters. The van der Waals surface area contributed by atoms with Crippen LogP contribution in [0.2, 0.25) is 0 Å². The fourth-order valence-electron chi connectivity index (χ4n) is 1.76. The molecule has 0 N–H and O–H groups in total. The van der Waals surface area contributed by atoms with Crippen molar-refractivity contribution in [3.05, 3.63) is 16.8 Å². The molecule has 1 fully saturated rings. The van der Waals surface area contributed by atoms with E-state index in [9.17, 15) is 14.4 Å². The van der Waals surface area contributed by atoms with Crippen LogP contribution in [-0.4, -0.2) is 44.0 Å². The van der Waals surface area contributed by atoms with Gasteiger partial charge in [-0.15, -0.1) is 0 Å². The van der Waals surface area contributed by atoms with E-state index in [0.29, 0.717) is 25.9 Å². The molecule has 1 aliphatic rings. The van der Waals surface area contributed by atoms with Crippen LogP contribution in [0.5, 0.6) is 0 Å². The summed E-state index contributed by atoms with van der Waals surface area (Å²) >= 11 is 0. The Morgan fingerprint density at radius 3 is 2.53 bits per heavy atom. The highest BCUT2D eigenvalue weighted by molar-refractivity contribution is 5.83. The van der Waals surface area contributed by atoms with Crippen LogP contribution >= 0.6 is 0 Å². The Labute approximate surface area is 97.6 Å². The van der Waals surface area contributed by atoms with E-state index in [1.807, 2.05) is 0 Å². The number of carbonyl (C=O) groups excluding carboxylic acids is 2. The van der Waals surface area contributed by atoms with Gasteiger partial charge in [0, 0.05) is 33.0 Å². The molecule has 0 aliphatic carbocycles. The molecule has 0 radical (unpaired) electrons. The minimum atomic E-state index is -0.313. The second-order valence-electron chi connectivity index (χ2n) is 4.10. The molecule has 7 heteroatoms. The Balaban J connectivity index is 2.00. The van der Waals surface area contributed by atoms with Crippen molar-refractivity contribution in [2.24, 2.45) is 7.05 Å². The van der Waals surface area contributed by atoms with Crippen LogP contribution < -0.4 is 5.69 Å². The predicted octanol–water partition coefficient (Wildman–Crippen LogP) is -1.23. The maximum Gasteiger partial charge on any atom is 0.345 e. The Morgan fingerprint density at radius 1 is 1.35 bits per heavy atom. The summed E-state index contributed by atoms with van der Waals surface area (Å²) in [5.74, 6) is 0.0161. The first-order valence-electron chi connectivity index (χ1n) is 5.46. The number of hydrogen-bond donors (Lipinski definition) is 0. The minimum Gasteiger partial charge on any atom is -0.340 e. The van der Waals surface area contributed by atoms with E-state index >= 15 is 0 Å². The molecule has 2 rings (SSSR count). The monoisotopic (exact) mass is 238 g/mol. The van der Waals surface area contributed by atoms with Crippen molar-refractivity contribution >= 4 is 11.7 Å². The number of aromatic nitrogens is 3. The highest BCUT2D eigenvalue weighted by Gasteiger charge is 2.21. The molecular weight excluding hydrogens is 224 g/mol. The second kappa shape index (κ2) is 4.52. The molecule has 1 saturated heterocycles. The predicted molar refractivity (Wildman–Crippen MR) is 58.3 cm³/mol. The van der Waals surface area contributed by atoms with Gasteiger partial charge in [0.25, 0.3) is 0 Å². The van der Waals surface area contributed by atoms with Gasteiger partial charge in [0.15, 0.2) is 0 Å². The Morgan fingerprint density at radius 2 is 2.00 bits per heavy atom. The molecule has 1 amide bonds. The van der Waals surface area contributed by atoms with Crippen LogP contribution in [0.3, 0.4) is 0 Å². The smallest absolute Gasteiger partial charge is 0.340 e. The van der Waals surface area contributed by atoms with Gasteiger partial charge in [-0.25, -0.2) is 9.48 Å². The summed E-state index contributed by atoms with van der Waals surface area (Å²) in [6.45, 7) is 0.826. The first kappa shape index (κ1) is 11.6. The van der Waals surface area contributed by atoms with Crippen molar-refractivity contribution in [2.45, 2.75) is 19.4 Å². The fourth-order valence-corrected chi connectivity index (χ4v) is 1.76. The van der Waals surface area contributed by atoms with E-state index in [2.05, 4.69) is 5.10 Å². The Bertz CT molecular complexity index is 492. The number of carbonyl (C=O) groups is 2. The molecule has 2 heterocycles. The van der Waals surface area contributed by atoms with E-state index in [0.717, 1.165) is 4.68 Å². The zero-order valence-corrected chi connectivity index (χ0v) is 9.63. The molecule has 92 valence electrons. The first-order valence-corrected chi connectivity index (χ1v) is 5.46. The molecule has 1 aromatic rings. The van der Waals surface area contributed by atoms with Gasteiger partial charge in [0.2, 0.25) is 5.91 Å². The number of hydrogen-bond acceptors (Lipinski definition) is 4. The molecule has 0 saturated carbocycles. The highest BCUT2D eigenvalue weighted by atomic mass is 16.2. The normalized spacial score (nSPS) is 16.3. The van der Waals surface area contributed by atoms with Crippen molar-refractivity contribution in [1.29, 1.82) is 0 Å². The van der Waals surface area contributed by atoms with Crippen LogP contribution in [-0.2, 0) is 23.2 Å². The van der Waals surface area contributed by atoms with Crippen LogP contribution in [0.25, 0.3) is 0 Å². The van der Waals surface area contributed by atoms with Crippen molar-refractivity contribution in [2.75, 3.05) is 13.1 Å². The average molecular weight is 238 g/mol. The molecule has 1 aromatic heterocycles. The van der Waals surface area contributed by atoms with Gasteiger partial charge in [0.05, 0.1) is 0 Å². The number of amides is 1. The van der Waals surface area contributed by atoms with Crippen molar-refractivity contribution in [1.82, 2.24) is 19.2 Å². The molecule has 17 heavy (non-hydrogen) atoms. The Kier molecular flexibility index (Phi) is 3.08. The van der Waals surface area contributed by atoms with Gasteiger partial charge in [-0.1, -0.05) is 0 Å². The van der Waals surface area contributed by atoms with Crippen LogP contribution in [0, 0.1) is 0 Å². The number of nitrogens with zero attached hydrogens (tertiary/aromatic N) is 4. The van der Waals surface area contributed by atoms with Gasteiger partial charge >= 0.3 is 5.69 Å². The molecule has 0 spiro atoms. The maximum absolute atomic E-state index is 11.8. The van der Waals surface area contributed by atoms with E-state index in [1.54, 1.807) is 11.9 Å². The van der Waals surface area contributed by atoms with Gasteiger partial charge in [-0.2, -0.15) is 5.10 Å². The summed E-state index contributed by atoms with van der Waals surface area (Å²) in [7, 11) is 1.58. The molecule has 1 aliphatic heterocycles. The summed E-state index contributed by atoms with van der Waals surface area (Å²) < 4.78 is 2.44. The first-order chi connectivity index (χ1) is 8.08. The van der Waals surface area contributed by atoms with Crippen molar-refractivity contribution in [3.8, 4) is 0 Å². The lowest BCUT2D eigenvalue weighted by molar-refractivity contribution is -0.135. The van der Waals surface area contributed by atoms with Crippen LogP contribution in [0.4, 0.5) is 0 Å². The molecule has 0 atom stereocenters. The highest BCUT2D eigenvalue weighted by Crippen LogP contribution is 2.06. The van der Waals surface area contributed by atoms with Gasteiger partial charge in [-0.05, 0) is 0 Å². The summed E-state index contributed by atoms with van der Waals surface area (Å²) in [6, 6.07) is 0. The third-order valence-electron chi connectivity index (χ3n) is 2.85. The van der Waals surface area contributed by atoms with Crippen molar-refractivity contribution in [3.63, 3.8) is 0 Å². The number of likely N-dealkylation sites (tertiary alicyclic amines) is 1. The largest absolute Gasteiger partial charge is 0.345 e. The number of rotatable bonds is 2. The summed E-state index contributed by atoms with van der Waals surface area (Å²) in [5.41, 5.74) is -0.313. The summed E-state index contributed by atoms with van der Waals surface area (Å²) in [5, 5.41) is 3.82. The van der Waals surface area contributed by atoms with Crippen LogP contribution in [0.15, 0.2) is 11.1 Å². The zero-order valence-electron chi connectivity index (χ0n) is 9.63. The van der Waals surface area contributed by atoms with E-state index < -0.39 is 0 Å². The molecule has 0 aromatic carbocycles. The van der Waals surface area contributed by atoms with Gasteiger partial charge in [0.1, 0.15) is 18.7 Å². The number of piperidine rings is 1. The molecule has 0 bridgehead atoms. The lowest BCUT2D eigenvalue weighted by Gasteiger charge is -2.25.